The number of hydrogen-bond acceptors (Lipinski definition) is 6. The summed E-state index contributed by atoms with van der Waals surface area (Å²) >= 11 is 0. The maximum atomic E-state index is 15.5. The summed E-state index contributed by atoms with van der Waals surface area (Å²) in [6.45, 7) is 2.35. The van der Waals surface area contributed by atoms with Crippen LogP contribution in [0.2, 0.25) is 0 Å². The number of aromatic carboxylic acids is 1. The van der Waals surface area contributed by atoms with Crippen molar-refractivity contribution in [3.63, 3.8) is 0 Å². The maximum absolute atomic E-state index is 15.5. The Hall–Kier alpha value is -3.62. The van der Waals surface area contributed by atoms with Gasteiger partial charge in [0.05, 0.1) is 22.3 Å². The fraction of sp³-hybridized carbons (Fsp3) is 0.250. The fourth-order valence-corrected chi connectivity index (χ4v) is 3.80. The van der Waals surface area contributed by atoms with Crippen LogP contribution in [0.25, 0.3) is 10.9 Å². The summed E-state index contributed by atoms with van der Waals surface area (Å²) in [5.74, 6) is -1.12. The van der Waals surface area contributed by atoms with Crippen molar-refractivity contribution in [1.82, 2.24) is 9.55 Å². The van der Waals surface area contributed by atoms with E-state index in [0.717, 1.165) is 12.0 Å². The van der Waals surface area contributed by atoms with Crippen LogP contribution in [0.3, 0.4) is 0 Å². The molecule has 0 radical (unpaired) electrons. The van der Waals surface area contributed by atoms with Crippen molar-refractivity contribution in [2.75, 3.05) is 41.7 Å². The summed E-state index contributed by atoms with van der Waals surface area (Å²) in [4.78, 5) is 32.1. The minimum Gasteiger partial charge on any atom is -0.477 e. The Labute approximate surface area is 165 Å². The molecule has 0 aliphatic carbocycles. The third-order valence-corrected chi connectivity index (χ3v) is 5.21. The predicted octanol–water partition coefficient (Wildman–Crippen LogP) is 1.68. The van der Waals surface area contributed by atoms with Gasteiger partial charge in [0.1, 0.15) is 11.4 Å². The van der Waals surface area contributed by atoms with Crippen molar-refractivity contribution in [3.05, 3.63) is 58.3 Å². The quantitative estimate of drug-likeness (QED) is 0.648. The maximum Gasteiger partial charge on any atom is 0.341 e. The number of nitrogens with zero attached hydrogens (tertiary/aromatic N) is 4. The van der Waals surface area contributed by atoms with Gasteiger partial charge in [0.15, 0.2) is 5.82 Å². The van der Waals surface area contributed by atoms with Crippen LogP contribution in [0.1, 0.15) is 10.4 Å². The van der Waals surface area contributed by atoms with Crippen LogP contribution in [0.15, 0.2) is 41.5 Å². The lowest BCUT2D eigenvalue weighted by Crippen LogP contribution is -2.47. The number of benzene rings is 1. The zero-order valence-corrected chi connectivity index (χ0v) is 15.8. The Kier molecular flexibility index (Phi) is 4.57. The molecule has 0 spiro atoms. The number of nitrogen functional groups attached to an aromatic ring is 1. The smallest absolute Gasteiger partial charge is 0.341 e. The van der Waals surface area contributed by atoms with Crippen LogP contribution in [0, 0.1) is 5.82 Å². The minimum absolute atomic E-state index is 0.0383. The van der Waals surface area contributed by atoms with Crippen LogP contribution < -0.4 is 21.0 Å². The van der Waals surface area contributed by atoms with Gasteiger partial charge >= 0.3 is 5.97 Å². The summed E-state index contributed by atoms with van der Waals surface area (Å²) in [7, 11) is 1.51. The fourth-order valence-electron chi connectivity index (χ4n) is 3.80. The van der Waals surface area contributed by atoms with E-state index in [2.05, 4.69) is 9.88 Å². The van der Waals surface area contributed by atoms with E-state index in [1.54, 1.807) is 6.20 Å². The molecule has 0 saturated carbocycles. The molecule has 1 fully saturated rings. The van der Waals surface area contributed by atoms with Gasteiger partial charge in [0.2, 0.25) is 5.43 Å². The van der Waals surface area contributed by atoms with Gasteiger partial charge in [-0.25, -0.2) is 14.2 Å². The van der Waals surface area contributed by atoms with Crippen LogP contribution in [0.4, 0.5) is 21.6 Å². The van der Waals surface area contributed by atoms with E-state index in [0.29, 0.717) is 26.2 Å². The number of rotatable bonds is 3. The number of fused-ring (bicyclic) bond motifs is 1. The number of piperazine rings is 1. The Balaban J connectivity index is 1.72. The van der Waals surface area contributed by atoms with E-state index in [-0.39, 0.29) is 22.3 Å². The number of carbonyl (C=O) groups is 1. The Morgan fingerprint density at radius 1 is 1.21 bits per heavy atom. The largest absolute Gasteiger partial charge is 0.477 e. The van der Waals surface area contributed by atoms with E-state index < -0.39 is 22.8 Å². The summed E-state index contributed by atoms with van der Waals surface area (Å²) in [5, 5.41) is 9.17. The standard InChI is InChI=1S/C20H20FN5O3/c1-24-11-13(20(28)29)19(27)12-10-14(22)18(16(21)17(12)24)26-8-6-25(7-9-26)15-4-2-3-5-23-15/h2-5,10-11H,6-9,22H2,1H3,(H,28,29). The van der Waals surface area contributed by atoms with Gasteiger partial charge in [-0.05, 0) is 18.2 Å². The topological polar surface area (TPSA) is 105 Å². The van der Waals surface area contributed by atoms with Crippen molar-refractivity contribution in [3.8, 4) is 0 Å². The summed E-state index contributed by atoms with van der Waals surface area (Å²) in [6, 6.07) is 7.07. The van der Waals surface area contributed by atoms with Gasteiger partial charge < -0.3 is 25.2 Å². The second-order valence-electron chi connectivity index (χ2n) is 6.97. The van der Waals surface area contributed by atoms with E-state index >= 15 is 4.39 Å². The Bertz CT molecular complexity index is 1150. The number of nitrogens with two attached hydrogens (primary N) is 1. The van der Waals surface area contributed by atoms with Gasteiger partial charge in [-0.1, -0.05) is 6.07 Å². The Morgan fingerprint density at radius 3 is 2.52 bits per heavy atom. The molecule has 2 aromatic heterocycles. The lowest BCUT2D eigenvalue weighted by atomic mass is 10.1. The predicted molar refractivity (Wildman–Crippen MR) is 109 cm³/mol. The molecule has 1 aliphatic heterocycles. The zero-order valence-electron chi connectivity index (χ0n) is 15.8. The average molecular weight is 397 g/mol. The molecule has 3 aromatic rings. The molecule has 8 nitrogen and oxygen atoms in total. The highest BCUT2D eigenvalue weighted by Crippen LogP contribution is 2.33. The number of anilines is 3. The molecule has 9 heteroatoms. The van der Waals surface area contributed by atoms with E-state index in [1.165, 1.54) is 17.7 Å². The van der Waals surface area contributed by atoms with E-state index in [9.17, 15) is 14.7 Å². The molecule has 4 rings (SSSR count). The first-order valence-corrected chi connectivity index (χ1v) is 9.14. The van der Waals surface area contributed by atoms with Crippen LogP contribution in [0.5, 0.6) is 0 Å². The summed E-state index contributed by atoms with van der Waals surface area (Å²) < 4.78 is 16.8. The zero-order chi connectivity index (χ0) is 20.7. The van der Waals surface area contributed by atoms with E-state index in [4.69, 9.17) is 5.73 Å². The molecule has 1 saturated heterocycles. The summed E-state index contributed by atoms with van der Waals surface area (Å²) in [5.41, 5.74) is 5.32. The van der Waals surface area contributed by atoms with Crippen LogP contribution in [-0.4, -0.2) is 46.8 Å². The van der Waals surface area contributed by atoms with Gasteiger partial charge in [0.25, 0.3) is 0 Å². The third-order valence-electron chi connectivity index (χ3n) is 5.21. The molecule has 29 heavy (non-hydrogen) atoms. The molecule has 1 aromatic carbocycles. The number of aromatic nitrogens is 2. The number of aryl methyl sites for hydroxylation is 1. The molecule has 0 bridgehead atoms. The highest BCUT2D eigenvalue weighted by molar-refractivity contribution is 5.96. The van der Waals surface area contributed by atoms with Gasteiger partial charge in [0, 0.05) is 45.6 Å². The molecular formula is C20H20FN5O3. The van der Waals surface area contributed by atoms with Gasteiger partial charge in [-0.3, -0.25) is 4.79 Å². The Morgan fingerprint density at radius 2 is 1.90 bits per heavy atom. The molecule has 3 heterocycles. The van der Waals surface area contributed by atoms with Gasteiger partial charge in [-0.15, -0.1) is 0 Å². The van der Waals surface area contributed by atoms with E-state index in [1.807, 2.05) is 23.1 Å². The van der Waals surface area contributed by atoms with Crippen molar-refractivity contribution in [2.24, 2.45) is 7.05 Å². The van der Waals surface area contributed by atoms with Crippen molar-refractivity contribution in [2.45, 2.75) is 0 Å². The number of pyridine rings is 2. The molecular weight excluding hydrogens is 377 g/mol. The molecule has 0 amide bonds. The number of halogens is 1. The van der Waals surface area contributed by atoms with Crippen LogP contribution in [-0.2, 0) is 7.05 Å². The highest BCUT2D eigenvalue weighted by Gasteiger charge is 2.26. The minimum atomic E-state index is -1.36. The van der Waals surface area contributed by atoms with Gasteiger partial charge in [-0.2, -0.15) is 0 Å². The first kappa shape index (κ1) is 18.7. The first-order chi connectivity index (χ1) is 13.9. The molecule has 150 valence electrons. The normalized spacial score (nSPS) is 14.4. The second-order valence-corrected chi connectivity index (χ2v) is 6.97. The monoisotopic (exact) mass is 397 g/mol. The van der Waals surface area contributed by atoms with Crippen molar-refractivity contribution < 1.29 is 14.3 Å². The SMILES string of the molecule is Cn1cc(C(=O)O)c(=O)c2cc(N)c(N3CCN(c4ccccn4)CC3)c(F)c21. The first-order valence-electron chi connectivity index (χ1n) is 9.14. The van der Waals surface area contributed by atoms with Crippen molar-refractivity contribution >= 4 is 34.1 Å². The third kappa shape index (κ3) is 3.14. The average Bonchev–Trinajstić information content (AvgIpc) is 2.71. The number of hydrogen-bond donors (Lipinski definition) is 2. The lowest BCUT2D eigenvalue weighted by molar-refractivity contribution is 0.0695. The second kappa shape index (κ2) is 7.08. The summed E-state index contributed by atoms with van der Waals surface area (Å²) in [6.07, 6.45) is 2.86. The van der Waals surface area contributed by atoms with Crippen molar-refractivity contribution in [1.29, 1.82) is 0 Å². The molecule has 0 unspecified atom stereocenters. The molecule has 0 atom stereocenters. The van der Waals surface area contributed by atoms with Crippen LogP contribution >= 0.6 is 0 Å². The lowest BCUT2D eigenvalue weighted by Gasteiger charge is -2.37. The highest BCUT2D eigenvalue weighted by atomic mass is 19.1. The molecule has 1 aliphatic rings. The molecule has 3 N–H and O–H groups in total. The number of carboxylic acids is 1. The number of carboxylic acid groups (broad SMARTS) is 1.